The summed E-state index contributed by atoms with van der Waals surface area (Å²) < 4.78 is 14.6. The SMILES string of the molecule is COc1cccc(Cn2c(CC(C)(C)Cc3nn[nH]n3)c3c4c(c(OCc5ccc(-c6ccccc6)cn5)ccc42)CC(C)S3)c1. The molecule has 1 atom stereocenters. The number of aromatic nitrogens is 6. The van der Waals surface area contributed by atoms with E-state index in [4.69, 9.17) is 14.5 Å². The number of hydrogen-bond donors (Lipinski definition) is 1. The lowest BCUT2D eigenvalue weighted by Crippen LogP contribution is -2.22. The number of H-pyrrole nitrogens is 1. The second-order valence-electron chi connectivity index (χ2n) is 12.8. The van der Waals surface area contributed by atoms with Gasteiger partial charge in [0.2, 0.25) is 0 Å². The summed E-state index contributed by atoms with van der Waals surface area (Å²) in [5, 5.41) is 16.6. The molecule has 0 radical (unpaired) electrons. The van der Waals surface area contributed by atoms with E-state index in [-0.39, 0.29) is 5.41 Å². The number of nitrogens with one attached hydrogen (secondary N) is 1. The Bertz CT molecular complexity index is 1950. The third-order valence-corrected chi connectivity index (χ3v) is 9.86. The fourth-order valence-electron chi connectivity index (χ4n) is 6.48. The van der Waals surface area contributed by atoms with Gasteiger partial charge in [0.05, 0.1) is 18.3 Å². The molecule has 8 nitrogen and oxygen atoms in total. The van der Waals surface area contributed by atoms with Crippen LogP contribution in [0.25, 0.3) is 22.0 Å². The molecule has 1 N–H and O–H groups in total. The lowest BCUT2D eigenvalue weighted by atomic mass is 9.84. The third-order valence-electron chi connectivity index (χ3n) is 8.62. The maximum absolute atomic E-state index is 6.55. The van der Waals surface area contributed by atoms with Crippen LogP contribution in [0.15, 0.2) is 90.0 Å². The van der Waals surface area contributed by atoms with Gasteiger partial charge in [-0.25, -0.2) is 0 Å². The number of benzene rings is 3. The van der Waals surface area contributed by atoms with Gasteiger partial charge in [0.1, 0.15) is 18.1 Å². The van der Waals surface area contributed by atoms with E-state index in [0.717, 1.165) is 60.0 Å². The molecule has 0 saturated carbocycles. The first-order valence-electron chi connectivity index (χ1n) is 15.7. The average molecular weight is 631 g/mol. The summed E-state index contributed by atoms with van der Waals surface area (Å²) in [6, 6.07) is 27.2. The molecule has 6 aromatic rings. The van der Waals surface area contributed by atoms with Crippen LogP contribution in [0.1, 0.15) is 49.1 Å². The minimum Gasteiger partial charge on any atom is -0.497 e. The Hall–Kier alpha value is -4.63. The molecule has 4 heterocycles. The molecular formula is C37H38N6O2S. The van der Waals surface area contributed by atoms with E-state index >= 15 is 0 Å². The molecule has 0 aliphatic carbocycles. The highest BCUT2D eigenvalue weighted by molar-refractivity contribution is 8.00. The molecule has 9 heteroatoms. The first-order valence-corrected chi connectivity index (χ1v) is 16.6. The van der Waals surface area contributed by atoms with E-state index in [9.17, 15) is 0 Å². The van der Waals surface area contributed by atoms with Crippen molar-refractivity contribution in [3.8, 4) is 22.6 Å². The number of rotatable bonds is 11. The quantitative estimate of drug-likeness (QED) is 0.157. The molecule has 7 rings (SSSR count). The Labute approximate surface area is 273 Å². The molecule has 3 aromatic carbocycles. The number of ether oxygens (including phenoxy) is 2. The number of nitrogens with zero attached hydrogens (tertiary/aromatic N) is 5. The van der Waals surface area contributed by atoms with Gasteiger partial charge >= 0.3 is 0 Å². The number of tetrazole rings is 1. The van der Waals surface area contributed by atoms with Crippen LogP contribution in [0.5, 0.6) is 11.5 Å². The predicted octanol–water partition coefficient (Wildman–Crippen LogP) is 7.70. The van der Waals surface area contributed by atoms with Crippen molar-refractivity contribution in [3.63, 3.8) is 0 Å². The van der Waals surface area contributed by atoms with Gasteiger partial charge in [-0.3, -0.25) is 4.98 Å². The highest BCUT2D eigenvalue weighted by Gasteiger charge is 2.32. The smallest absolute Gasteiger partial charge is 0.175 e. The number of hydrogen-bond acceptors (Lipinski definition) is 7. The third kappa shape index (κ3) is 6.24. The topological polar surface area (TPSA) is 90.7 Å². The van der Waals surface area contributed by atoms with Crippen molar-refractivity contribution < 1.29 is 9.47 Å². The fourth-order valence-corrected chi connectivity index (χ4v) is 7.79. The minimum absolute atomic E-state index is 0.0980. The van der Waals surface area contributed by atoms with Crippen LogP contribution >= 0.6 is 11.8 Å². The predicted molar refractivity (Wildman–Crippen MR) is 182 cm³/mol. The summed E-state index contributed by atoms with van der Waals surface area (Å²) in [6.45, 7) is 8.04. The van der Waals surface area contributed by atoms with Crippen LogP contribution in [-0.2, 0) is 32.4 Å². The first kappa shape index (κ1) is 30.0. The van der Waals surface area contributed by atoms with Gasteiger partial charge in [-0.1, -0.05) is 74.5 Å². The lowest BCUT2D eigenvalue weighted by Gasteiger charge is -2.26. The normalized spacial score (nSPS) is 14.5. The molecule has 46 heavy (non-hydrogen) atoms. The molecule has 0 amide bonds. The maximum Gasteiger partial charge on any atom is 0.175 e. The van der Waals surface area contributed by atoms with E-state index in [0.29, 0.717) is 11.9 Å². The summed E-state index contributed by atoms with van der Waals surface area (Å²) >= 11 is 1.98. The van der Waals surface area contributed by atoms with Crippen molar-refractivity contribution in [2.75, 3.05) is 7.11 Å². The number of methoxy groups -OCH3 is 1. The zero-order chi connectivity index (χ0) is 31.7. The van der Waals surface area contributed by atoms with E-state index in [2.05, 4.69) is 101 Å². The Kier molecular flexibility index (Phi) is 8.25. The maximum atomic E-state index is 6.55. The summed E-state index contributed by atoms with van der Waals surface area (Å²) in [7, 11) is 1.72. The highest BCUT2D eigenvalue weighted by Crippen LogP contribution is 2.48. The van der Waals surface area contributed by atoms with E-state index in [1.165, 1.54) is 32.6 Å². The number of aromatic amines is 1. The lowest BCUT2D eigenvalue weighted by molar-refractivity contribution is 0.298. The first-order chi connectivity index (χ1) is 22.4. The van der Waals surface area contributed by atoms with Crippen LogP contribution in [0, 0.1) is 5.41 Å². The van der Waals surface area contributed by atoms with Crippen molar-refractivity contribution in [1.29, 1.82) is 0 Å². The van der Waals surface area contributed by atoms with E-state index < -0.39 is 0 Å². The van der Waals surface area contributed by atoms with Crippen LogP contribution in [0.4, 0.5) is 0 Å². The zero-order valence-electron chi connectivity index (χ0n) is 26.7. The molecule has 0 bridgehead atoms. The highest BCUT2D eigenvalue weighted by atomic mass is 32.2. The Balaban J connectivity index is 1.25. The Morgan fingerprint density at radius 3 is 2.61 bits per heavy atom. The Morgan fingerprint density at radius 1 is 0.978 bits per heavy atom. The average Bonchev–Trinajstić information content (AvgIpc) is 3.67. The number of pyridine rings is 1. The van der Waals surface area contributed by atoms with Crippen LogP contribution in [0.3, 0.4) is 0 Å². The zero-order valence-corrected chi connectivity index (χ0v) is 27.5. The molecule has 234 valence electrons. The largest absolute Gasteiger partial charge is 0.497 e. The standard InChI is InChI=1S/C37H38N6O2S/c1-24-17-30-33(45-23-28-14-13-27(21-38-28)26-10-6-5-7-11-26)16-15-31-35(30)36(46-24)32(19-37(2,3)20-34-39-41-42-40-34)43(31)22-25-9-8-12-29(18-25)44-4/h5-16,18,21,24H,17,19-20,22-23H2,1-4H3,(H,39,40,41,42). The molecule has 0 saturated heterocycles. The second-order valence-corrected chi connectivity index (χ2v) is 14.3. The Morgan fingerprint density at radius 2 is 1.85 bits per heavy atom. The van der Waals surface area contributed by atoms with Crippen LogP contribution in [-0.4, -0.2) is 42.5 Å². The monoisotopic (exact) mass is 630 g/mol. The van der Waals surface area contributed by atoms with Gasteiger partial charge in [0.25, 0.3) is 0 Å². The second kappa shape index (κ2) is 12.6. The van der Waals surface area contributed by atoms with Gasteiger partial charge in [0.15, 0.2) is 5.82 Å². The fraction of sp³-hybridized carbons (Fsp3) is 0.297. The van der Waals surface area contributed by atoms with Gasteiger partial charge < -0.3 is 14.0 Å². The van der Waals surface area contributed by atoms with Crippen molar-refractivity contribution in [3.05, 3.63) is 113 Å². The van der Waals surface area contributed by atoms with Gasteiger partial charge in [-0.05, 0) is 59.7 Å². The van der Waals surface area contributed by atoms with Crippen LogP contribution < -0.4 is 9.47 Å². The summed E-state index contributed by atoms with van der Waals surface area (Å²) in [5.41, 5.74) is 8.11. The van der Waals surface area contributed by atoms with E-state index in [1.54, 1.807) is 7.11 Å². The molecule has 0 spiro atoms. The minimum atomic E-state index is -0.0980. The number of thioether (sulfide) groups is 1. The molecule has 1 unspecified atom stereocenters. The molecule has 0 fully saturated rings. The van der Waals surface area contributed by atoms with Gasteiger partial charge in [-0.15, -0.1) is 22.0 Å². The molecular weight excluding hydrogens is 593 g/mol. The molecule has 1 aliphatic rings. The van der Waals surface area contributed by atoms with Crippen molar-refractivity contribution in [2.24, 2.45) is 5.41 Å². The molecule has 1 aliphatic heterocycles. The van der Waals surface area contributed by atoms with Gasteiger partial charge in [-0.2, -0.15) is 5.21 Å². The van der Waals surface area contributed by atoms with Crippen molar-refractivity contribution in [1.82, 2.24) is 30.2 Å². The van der Waals surface area contributed by atoms with E-state index in [1.807, 2.05) is 42.2 Å². The van der Waals surface area contributed by atoms with Crippen molar-refractivity contribution in [2.45, 2.75) is 63.3 Å². The summed E-state index contributed by atoms with van der Waals surface area (Å²) in [6.07, 6.45) is 4.46. The van der Waals surface area contributed by atoms with Crippen LogP contribution in [0.2, 0.25) is 0 Å². The van der Waals surface area contributed by atoms with Gasteiger partial charge in [0, 0.05) is 51.5 Å². The van der Waals surface area contributed by atoms with Crippen molar-refractivity contribution >= 4 is 22.7 Å². The summed E-state index contributed by atoms with van der Waals surface area (Å²) in [4.78, 5) is 6.07. The summed E-state index contributed by atoms with van der Waals surface area (Å²) in [5.74, 6) is 2.53. The molecule has 3 aromatic heterocycles.